The molecule has 190 valence electrons. The van der Waals surface area contributed by atoms with Crippen LogP contribution in [0.3, 0.4) is 0 Å². The van der Waals surface area contributed by atoms with E-state index in [2.05, 4.69) is 13.8 Å². The zero-order chi connectivity index (χ0) is 25.1. The third kappa shape index (κ3) is 11.4. The highest BCUT2D eigenvalue weighted by Gasteiger charge is 2.46. The molecule has 0 aromatic carbocycles. The number of unbranched alkanes of at least 4 members (excludes halogenated alkanes) is 2. The van der Waals surface area contributed by atoms with Crippen molar-refractivity contribution in [2.75, 3.05) is 13.2 Å². The van der Waals surface area contributed by atoms with E-state index in [1.165, 1.54) is 12.8 Å². The molecule has 0 atom stereocenters. The lowest BCUT2D eigenvalue weighted by Gasteiger charge is -2.22. The number of hydrogen-bond acceptors (Lipinski definition) is 6. The van der Waals surface area contributed by atoms with E-state index in [0.717, 1.165) is 30.2 Å². The first-order valence-corrected chi connectivity index (χ1v) is 12.0. The number of halogens is 6. The molecule has 1 aromatic rings. The Hall–Kier alpha value is -1.43. The van der Waals surface area contributed by atoms with E-state index in [9.17, 15) is 43.2 Å². The van der Waals surface area contributed by atoms with Crippen LogP contribution in [0.4, 0.5) is 26.3 Å². The van der Waals surface area contributed by atoms with Crippen molar-refractivity contribution in [1.29, 1.82) is 0 Å². The Bertz CT molecular complexity index is 800. The lowest BCUT2D eigenvalue weighted by atomic mass is 10.4. The molecule has 1 aromatic heterocycles. The summed E-state index contributed by atoms with van der Waals surface area (Å²) < 4.78 is 124. The van der Waals surface area contributed by atoms with Gasteiger partial charge < -0.3 is 13.6 Å². The van der Waals surface area contributed by atoms with Gasteiger partial charge in [-0.3, -0.25) is 0 Å². The van der Waals surface area contributed by atoms with Crippen molar-refractivity contribution < 1.29 is 57.2 Å². The minimum Gasteiger partial charge on any atom is -0.421 e. The van der Waals surface area contributed by atoms with Crippen molar-refractivity contribution in [3.63, 3.8) is 0 Å². The van der Waals surface area contributed by atoms with Gasteiger partial charge in [-0.05, 0) is 12.8 Å². The maximum Gasteiger partial charge on any atom is 0.480 e. The molecule has 1 heterocycles. The highest BCUT2D eigenvalue weighted by atomic mass is 32.3. The van der Waals surface area contributed by atoms with Crippen LogP contribution in [-0.2, 0) is 43.0 Å². The van der Waals surface area contributed by atoms with E-state index in [4.69, 9.17) is 9.47 Å². The molecule has 0 fully saturated rings. The second kappa shape index (κ2) is 13.3. The molecule has 17 heteroatoms. The average Bonchev–Trinajstić information content (AvgIpc) is 3.08. The predicted molar refractivity (Wildman–Crippen MR) is 99.7 cm³/mol. The number of ether oxygens (including phenoxy) is 2. The van der Waals surface area contributed by atoms with Gasteiger partial charge in [0.2, 0.25) is 6.33 Å². The summed E-state index contributed by atoms with van der Waals surface area (Å²) in [5, 5.41) is 0. The van der Waals surface area contributed by atoms with Gasteiger partial charge in [0.15, 0.2) is 33.5 Å². The molecule has 0 spiro atoms. The first kappa shape index (κ1) is 30.6. The van der Waals surface area contributed by atoms with Crippen molar-refractivity contribution in [1.82, 2.24) is 4.57 Å². The second-order valence-corrected chi connectivity index (χ2v) is 9.56. The molecule has 0 N–H and O–H groups in total. The molecule has 0 aliphatic carbocycles. The minimum atomic E-state index is -6.72. The number of hydrogen-bond donors (Lipinski definition) is 0. The van der Waals surface area contributed by atoms with Crippen molar-refractivity contribution in [3.8, 4) is 0 Å². The van der Waals surface area contributed by atoms with E-state index >= 15 is 0 Å². The Morgan fingerprint density at radius 1 is 0.875 bits per heavy atom. The average molecular weight is 522 g/mol. The molecule has 0 unspecified atom stereocenters. The number of aromatic nitrogens is 2. The topological polar surface area (TPSA) is 110 Å². The summed E-state index contributed by atoms with van der Waals surface area (Å²) in [7, 11) is -13.4. The maximum absolute atomic E-state index is 11.4. The largest absolute Gasteiger partial charge is 0.480 e. The third-order valence-electron chi connectivity index (χ3n) is 3.29. The summed E-state index contributed by atoms with van der Waals surface area (Å²) >= 11 is 0. The molecule has 0 aliphatic rings. The van der Waals surface area contributed by atoms with Crippen LogP contribution < -0.4 is 4.57 Å². The number of alkyl halides is 6. The summed E-state index contributed by atoms with van der Waals surface area (Å²) in [5.41, 5.74) is -12.4. The summed E-state index contributed by atoms with van der Waals surface area (Å²) in [6, 6.07) is 0. The number of imidazole rings is 1. The monoisotopic (exact) mass is 521 g/mol. The Morgan fingerprint density at radius 3 is 1.78 bits per heavy atom. The quantitative estimate of drug-likeness (QED) is 0.237. The molecule has 0 aliphatic heterocycles. The zero-order valence-electron chi connectivity index (χ0n) is 17.3. The molecule has 32 heavy (non-hydrogen) atoms. The van der Waals surface area contributed by atoms with E-state index < -0.39 is 31.1 Å². The van der Waals surface area contributed by atoms with Crippen LogP contribution >= 0.6 is 0 Å². The van der Waals surface area contributed by atoms with Crippen molar-refractivity contribution in [3.05, 3.63) is 22.8 Å². The first-order valence-electron chi connectivity index (χ1n) is 9.14. The molecule has 0 radical (unpaired) electrons. The van der Waals surface area contributed by atoms with Crippen molar-refractivity contribution >= 4 is 20.0 Å². The van der Waals surface area contributed by atoms with Crippen LogP contribution in [0.1, 0.15) is 39.5 Å². The van der Waals surface area contributed by atoms with Crippen LogP contribution in [0.2, 0.25) is 0 Å². The fraction of sp³-hybridized carbons (Fsp3) is 0.800. The molecule has 0 amide bonds. The summed E-state index contributed by atoms with van der Waals surface area (Å²) in [5.74, 6) is 0. The van der Waals surface area contributed by atoms with E-state index in [1.807, 2.05) is 27.9 Å². The van der Waals surface area contributed by atoms with Crippen LogP contribution in [0, 0.1) is 0 Å². The number of rotatable bonds is 12. The van der Waals surface area contributed by atoms with Crippen LogP contribution in [-0.4, -0.2) is 45.6 Å². The maximum atomic E-state index is 11.4. The van der Waals surface area contributed by atoms with E-state index in [0.29, 0.717) is 13.5 Å². The van der Waals surface area contributed by atoms with Gasteiger partial charge in [-0.25, -0.2) is 26.0 Å². The number of nitrogens with zero attached hydrogens (tertiary/aromatic N) is 3. The van der Waals surface area contributed by atoms with Gasteiger partial charge in [0.05, 0.1) is 13.2 Å². The second-order valence-electron chi connectivity index (χ2n) is 6.14. The highest BCUT2D eigenvalue weighted by Crippen LogP contribution is 2.36. The molecule has 0 bridgehead atoms. The van der Waals surface area contributed by atoms with Gasteiger partial charge in [-0.1, -0.05) is 26.7 Å². The number of sulfonamides is 2. The minimum absolute atomic E-state index is 0.627. The molecular formula is C15H25F6N3O6S2. The molecule has 9 nitrogen and oxygen atoms in total. The van der Waals surface area contributed by atoms with Gasteiger partial charge in [0.1, 0.15) is 12.4 Å². The summed E-state index contributed by atoms with van der Waals surface area (Å²) in [6.07, 6.45) is 10.6. The molecular weight excluding hydrogens is 496 g/mol. The lowest BCUT2D eigenvalue weighted by molar-refractivity contribution is -0.732. The van der Waals surface area contributed by atoms with Crippen molar-refractivity contribution in [2.45, 2.75) is 64.0 Å². The van der Waals surface area contributed by atoms with Gasteiger partial charge >= 0.3 is 11.0 Å². The Kier molecular flexibility index (Phi) is 12.7. The van der Waals surface area contributed by atoms with Gasteiger partial charge in [-0.15, -0.1) is 0 Å². The highest BCUT2D eigenvalue weighted by molar-refractivity contribution is 8.13. The van der Waals surface area contributed by atoms with E-state index in [-0.39, 0.29) is 0 Å². The fourth-order valence-corrected chi connectivity index (χ4v) is 3.35. The van der Waals surface area contributed by atoms with Crippen LogP contribution in [0.25, 0.3) is 4.13 Å². The summed E-state index contributed by atoms with van der Waals surface area (Å²) in [4.78, 5) is 0. The van der Waals surface area contributed by atoms with Gasteiger partial charge in [-0.2, -0.15) is 26.3 Å². The normalized spacial score (nSPS) is 13.0. The SMILES string of the molecule is CCCCOCn1cc[n+](COCCCC)c1.O=S(=O)([N-]S(=O)(=O)C(F)(F)F)C(F)(F)F. The van der Waals surface area contributed by atoms with Crippen LogP contribution in [0.15, 0.2) is 18.7 Å². The Balaban J connectivity index is 0.000000607. The van der Waals surface area contributed by atoms with Crippen molar-refractivity contribution in [2.24, 2.45) is 0 Å². The zero-order valence-corrected chi connectivity index (χ0v) is 18.9. The van der Waals surface area contributed by atoms with E-state index in [1.54, 1.807) is 0 Å². The molecule has 0 saturated carbocycles. The smallest absolute Gasteiger partial charge is 0.421 e. The molecule has 1 rings (SSSR count). The summed E-state index contributed by atoms with van der Waals surface area (Å²) in [6.45, 7) is 7.26. The van der Waals surface area contributed by atoms with Gasteiger partial charge in [0, 0.05) is 0 Å². The Morgan fingerprint density at radius 2 is 1.34 bits per heavy atom. The Labute approximate surface area is 182 Å². The lowest BCUT2D eigenvalue weighted by Crippen LogP contribution is -2.32. The van der Waals surface area contributed by atoms with Crippen LogP contribution in [0.5, 0.6) is 0 Å². The first-order chi connectivity index (χ1) is 14.6. The molecule has 0 saturated heterocycles. The third-order valence-corrected chi connectivity index (χ3v) is 6.03. The standard InChI is InChI=1S/C13H25N2O2.C2F6NO4S2/c1-3-5-9-16-12-14-7-8-15(11-14)13-17-10-6-4-2;3-1(4,5)14(10,11)9-15(12,13)2(6,7)8/h7-8,11H,3-6,9-10,12-13H2,1-2H3;/q+1;-1. The van der Waals surface area contributed by atoms with Gasteiger partial charge in [0.25, 0.3) is 0 Å². The fourth-order valence-electron chi connectivity index (χ4n) is 1.64. The predicted octanol–water partition coefficient (Wildman–Crippen LogP) is 3.38.